The van der Waals surface area contributed by atoms with Crippen molar-refractivity contribution in [1.29, 1.82) is 0 Å². The zero-order valence-corrected chi connectivity index (χ0v) is 11.4. The SMILES string of the molecule is Cc1ccc(-c2nc3nc(N)c(C(N)=O)cn3c2N)cc1. The summed E-state index contributed by atoms with van der Waals surface area (Å²) in [5, 5.41) is 0. The number of imidazole rings is 1. The third-order valence-corrected chi connectivity index (χ3v) is 3.27. The van der Waals surface area contributed by atoms with E-state index in [9.17, 15) is 4.79 Å². The van der Waals surface area contributed by atoms with Crippen molar-refractivity contribution < 1.29 is 4.79 Å². The lowest BCUT2D eigenvalue weighted by atomic mass is 10.1. The first kappa shape index (κ1) is 12.9. The summed E-state index contributed by atoms with van der Waals surface area (Å²) in [4.78, 5) is 19.8. The third kappa shape index (κ3) is 2.04. The molecule has 2 aromatic heterocycles. The number of anilines is 2. The van der Waals surface area contributed by atoms with Gasteiger partial charge in [-0.05, 0) is 6.92 Å². The Morgan fingerprint density at radius 2 is 1.81 bits per heavy atom. The van der Waals surface area contributed by atoms with Crippen LogP contribution in [-0.4, -0.2) is 20.3 Å². The minimum atomic E-state index is -0.660. The zero-order chi connectivity index (χ0) is 15.1. The van der Waals surface area contributed by atoms with Gasteiger partial charge in [0.25, 0.3) is 5.91 Å². The van der Waals surface area contributed by atoms with Crippen molar-refractivity contribution in [3.05, 3.63) is 41.6 Å². The van der Waals surface area contributed by atoms with Gasteiger partial charge in [0.1, 0.15) is 17.3 Å². The summed E-state index contributed by atoms with van der Waals surface area (Å²) in [6, 6.07) is 7.78. The standard InChI is InChI=1S/C14H14N6O/c1-7-2-4-8(5-3-7)10-12(16)20-6-9(13(17)21)11(15)19-14(20)18-10/h2-6H,16H2,1H3,(H2,17,21)(H2,15,18,19). The molecule has 3 aromatic rings. The van der Waals surface area contributed by atoms with Crippen LogP contribution in [0.2, 0.25) is 0 Å². The fourth-order valence-corrected chi connectivity index (χ4v) is 2.12. The number of amides is 1. The van der Waals surface area contributed by atoms with Crippen molar-refractivity contribution in [2.24, 2.45) is 5.73 Å². The molecule has 21 heavy (non-hydrogen) atoms. The molecular formula is C14H14N6O. The molecule has 0 spiro atoms. The van der Waals surface area contributed by atoms with Gasteiger partial charge in [-0.25, -0.2) is 4.98 Å². The first-order valence-corrected chi connectivity index (χ1v) is 6.28. The summed E-state index contributed by atoms with van der Waals surface area (Å²) in [5.74, 6) is 0.0803. The molecule has 0 aliphatic carbocycles. The Balaban J connectivity index is 2.24. The number of primary amides is 1. The van der Waals surface area contributed by atoms with Gasteiger partial charge in [-0.1, -0.05) is 29.8 Å². The van der Waals surface area contributed by atoms with Crippen molar-refractivity contribution in [2.75, 3.05) is 11.5 Å². The van der Waals surface area contributed by atoms with Crippen LogP contribution in [0.15, 0.2) is 30.5 Å². The maximum atomic E-state index is 11.3. The molecule has 7 heteroatoms. The van der Waals surface area contributed by atoms with Crippen molar-refractivity contribution in [2.45, 2.75) is 6.92 Å². The van der Waals surface area contributed by atoms with E-state index < -0.39 is 5.91 Å². The molecule has 0 unspecified atom stereocenters. The minimum absolute atomic E-state index is 0.0375. The molecule has 3 rings (SSSR count). The Hall–Kier alpha value is -3.09. The first-order chi connectivity index (χ1) is 9.97. The van der Waals surface area contributed by atoms with Gasteiger partial charge >= 0.3 is 0 Å². The predicted molar refractivity (Wildman–Crippen MR) is 80.5 cm³/mol. The van der Waals surface area contributed by atoms with Gasteiger partial charge in [-0.15, -0.1) is 0 Å². The molecule has 1 aromatic carbocycles. The molecule has 2 heterocycles. The number of carbonyl (C=O) groups is 1. The minimum Gasteiger partial charge on any atom is -0.383 e. The van der Waals surface area contributed by atoms with Crippen LogP contribution in [0.5, 0.6) is 0 Å². The molecule has 6 N–H and O–H groups in total. The number of aromatic nitrogens is 3. The van der Waals surface area contributed by atoms with E-state index in [4.69, 9.17) is 17.2 Å². The van der Waals surface area contributed by atoms with E-state index >= 15 is 0 Å². The van der Waals surface area contributed by atoms with E-state index in [1.807, 2.05) is 31.2 Å². The molecule has 7 nitrogen and oxygen atoms in total. The summed E-state index contributed by atoms with van der Waals surface area (Å²) in [6.45, 7) is 2.00. The molecule has 0 saturated carbocycles. The highest BCUT2D eigenvalue weighted by atomic mass is 16.1. The Bertz CT molecular complexity index is 850. The second-order valence-corrected chi connectivity index (χ2v) is 4.79. The molecule has 1 amide bonds. The van der Waals surface area contributed by atoms with Gasteiger partial charge < -0.3 is 17.2 Å². The van der Waals surface area contributed by atoms with Crippen molar-refractivity contribution in [3.8, 4) is 11.3 Å². The molecule has 106 valence electrons. The van der Waals surface area contributed by atoms with Crippen LogP contribution >= 0.6 is 0 Å². The Morgan fingerprint density at radius 3 is 2.43 bits per heavy atom. The molecular weight excluding hydrogens is 268 g/mol. The Labute approximate surface area is 120 Å². The number of benzene rings is 1. The second kappa shape index (κ2) is 4.48. The van der Waals surface area contributed by atoms with E-state index in [2.05, 4.69) is 9.97 Å². The molecule has 0 aliphatic heterocycles. The van der Waals surface area contributed by atoms with Crippen molar-refractivity contribution >= 4 is 23.3 Å². The number of hydrogen-bond donors (Lipinski definition) is 3. The van der Waals surface area contributed by atoms with Crippen LogP contribution in [0.1, 0.15) is 15.9 Å². The maximum absolute atomic E-state index is 11.3. The average Bonchev–Trinajstić information content (AvgIpc) is 2.75. The lowest BCUT2D eigenvalue weighted by Gasteiger charge is -2.03. The molecule has 0 atom stereocenters. The van der Waals surface area contributed by atoms with Crippen LogP contribution in [0.25, 0.3) is 17.0 Å². The summed E-state index contributed by atoms with van der Waals surface area (Å²) >= 11 is 0. The predicted octanol–water partition coefficient (Wildman–Crippen LogP) is 0.968. The quantitative estimate of drug-likeness (QED) is 0.645. The number of nitrogens with two attached hydrogens (primary N) is 3. The smallest absolute Gasteiger partial charge is 0.253 e. The van der Waals surface area contributed by atoms with Gasteiger partial charge in [0.2, 0.25) is 5.78 Å². The van der Waals surface area contributed by atoms with Gasteiger partial charge in [0.15, 0.2) is 0 Å². The number of aryl methyl sites for hydroxylation is 1. The molecule has 0 bridgehead atoms. The summed E-state index contributed by atoms with van der Waals surface area (Å²) in [5.41, 5.74) is 19.8. The van der Waals surface area contributed by atoms with Crippen molar-refractivity contribution in [1.82, 2.24) is 14.4 Å². The van der Waals surface area contributed by atoms with Crippen LogP contribution in [0.3, 0.4) is 0 Å². The molecule has 0 radical (unpaired) electrons. The second-order valence-electron chi connectivity index (χ2n) is 4.79. The monoisotopic (exact) mass is 282 g/mol. The van der Waals surface area contributed by atoms with Gasteiger partial charge in [0.05, 0.1) is 5.56 Å². The summed E-state index contributed by atoms with van der Waals surface area (Å²) in [6.07, 6.45) is 1.46. The molecule has 0 fully saturated rings. The largest absolute Gasteiger partial charge is 0.383 e. The zero-order valence-electron chi connectivity index (χ0n) is 11.4. The van der Waals surface area contributed by atoms with E-state index in [0.717, 1.165) is 11.1 Å². The van der Waals surface area contributed by atoms with Crippen LogP contribution in [-0.2, 0) is 0 Å². The lowest BCUT2D eigenvalue weighted by molar-refractivity contribution is 0.100. The van der Waals surface area contributed by atoms with Gasteiger partial charge in [0, 0.05) is 11.8 Å². The summed E-state index contributed by atoms with van der Waals surface area (Å²) in [7, 11) is 0. The van der Waals surface area contributed by atoms with Gasteiger partial charge in [-0.2, -0.15) is 4.98 Å². The summed E-state index contributed by atoms with van der Waals surface area (Å²) < 4.78 is 1.51. The highest BCUT2D eigenvalue weighted by Crippen LogP contribution is 2.27. The first-order valence-electron chi connectivity index (χ1n) is 6.28. The topological polar surface area (TPSA) is 125 Å². The highest BCUT2D eigenvalue weighted by molar-refractivity contribution is 5.97. The normalized spacial score (nSPS) is 10.9. The molecule has 0 saturated heterocycles. The fourth-order valence-electron chi connectivity index (χ4n) is 2.12. The van der Waals surface area contributed by atoms with Gasteiger partial charge in [-0.3, -0.25) is 9.20 Å². The Kier molecular flexibility index (Phi) is 2.76. The number of hydrogen-bond acceptors (Lipinski definition) is 5. The lowest BCUT2D eigenvalue weighted by Crippen LogP contribution is -2.16. The number of rotatable bonds is 2. The van der Waals surface area contributed by atoms with Crippen LogP contribution in [0.4, 0.5) is 11.6 Å². The number of nitrogen functional groups attached to an aromatic ring is 2. The number of nitrogens with zero attached hydrogens (tertiary/aromatic N) is 3. The highest BCUT2D eigenvalue weighted by Gasteiger charge is 2.16. The van der Waals surface area contributed by atoms with E-state index in [-0.39, 0.29) is 11.4 Å². The maximum Gasteiger partial charge on any atom is 0.253 e. The number of carbonyl (C=O) groups excluding carboxylic acids is 1. The molecule has 0 aliphatic rings. The fraction of sp³-hybridized carbons (Fsp3) is 0.0714. The van der Waals surface area contributed by atoms with Crippen LogP contribution in [0, 0.1) is 6.92 Å². The van der Waals surface area contributed by atoms with E-state index in [0.29, 0.717) is 17.3 Å². The van der Waals surface area contributed by atoms with Crippen molar-refractivity contribution in [3.63, 3.8) is 0 Å². The third-order valence-electron chi connectivity index (χ3n) is 3.27. The average molecular weight is 282 g/mol. The van der Waals surface area contributed by atoms with E-state index in [1.54, 1.807) is 0 Å². The Morgan fingerprint density at radius 1 is 1.14 bits per heavy atom. The number of fused-ring (bicyclic) bond motifs is 1. The van der Waals surface area contributed by atoms with E-state index in [1.165, 1.54) is 10.6 Å². The van der Waals surface area contributed by atoms with Crippen LogP contribution < -0.4 is 17.2 Å².